The molecule has 0 heterocycles. The zero-order valence-electron chi connectivity index (χ0n) is 11.0. The van der Waals surface area contributed by atoms with Gasteiger partial charge in [-0.05, 0) is 40.5 Å². The molecule has 1 fully saturated rings. The Labute approximate surface area is 98.7 Å². The molecule has 0 aromatic carbocycles. The van der Waals surface area contributed by atoms with Gasteiger partial charge in [0.25, 0.3) is 0 Å². The van der Waals surface area contributed by atoms with Crippen LogP contribution in [0.1, 0.15) is 40.5 Å². The molecule has 4 N–H and O–H groups in total. The molecule has 4 nitrogen and oxygen atoms in total. The van der Waals surface area contributed by atoms with Crippen molar-refractivity contribution in [1.29, 1.82) is 0 Å². The van der Waals surface area contributed by atoms with Crippen molar-refractivity contribution >= 4 is 0 Å². The van der Waals surface area contributed by atoms with E-state index in [1.165, 1.54) is 0 Å². The summed E-state index contributed by atoms with van der Waals surface area (Å²) in [7, 11) is 0. The van der Waals surface area contributed by atoms with Crippen LogP contribution in [0.4, 0.5) is 0 Å². The standard InChI is InChI=1S/C12H26N2O2/c1-11(2,14)8-12(3,4)16-6-5-15-10-7-9(10)13/h9-10H,5-8,13-14H2,1-4H3. The quantitative estimate of drug-likeness (QED) is 0.641. The van der Waals surface area contributed by atoms with E-state index in [9.17, 15) is 0 Å². The molecule has 96 valence electrons. The van der Waals surface area contributed by atoms with Gasteiger partial charge >= 0.3 is 0 Å². The summed E-state index contributed by atoms with van der Waals surface area (Å²) in [6.45, 7) is 9.36. The highest BCUT2D eigenvalue weighted by molar-refractivity contribution is 4.91. The molecule has 0 aliphatic heterocycles. The fourth-order valence-electron chi connectivity index (χ4n) is 2.05. The lowest BCUT2D eigenvalue weighted by molar-refractivity contribution is -0.0609. The van der Waals surface area contributed by atoms with E-state index in [2.05, 4.69) is 13.8 Å². The molecule has 0 radical (unpaired) electrons. The van der Waals surface area contributed by atoms with E-state index in [-0.39, 0.29) is 23.3 Å². The van der Waals surface area contributed by atoms with Crippen LogP contribution in [0.3, 0.4) is 0 Å². The fourth-order valence-corrected chi connectivity index (χ4v) is 2.05. The summed E-state index contributed by atoms with van der Waals surface area (Å²) in [5.41, 5.74) is 11.2. The molecule has 16 heavy (non-hydrogen) atoms. The number of rotatable bonds is 7. The molecule has 0 saturated heterocycles. The molecule has 2 unspecified atom stereocenters. The van der Waals surface area contributed by atoms with Gasteiger partial charge in [0.1, 0.15) is 0 Å². The van der Waals surface area contributed by atoms with Crippen LogP contribution in [0.15, 0.2) is 0 Å². The van der Waals surface area contributed by atoms with Gasteiger partial charge in [-0.15, -0.1) is 0 Å². The number of hydrogen-bond donors (Lipinski definition) is 2. The van der Waals surface area contributed by atoms with E-state index >= 15 is 0 Å². The van der Waals surface area contributed by atoms with Crippen LogP contribution in [0.2, 0.25) is 0 Å². The van der Waals surface area contributed by atoms with E-state index in [0.717, 1.165) is 12.8 Å². The summed E-state index contributed by atoms with van der Waals surface area (Å²) >= 11 is 0. The second-order valence-corrected chi connectivity index (χ2v) is 6.08. The lowest BCUT2D eigenvalue weighted by Gasteiger charge is -2.32. The monoisotopic (exact) mass is 230 g/mol. The first-order valence-electron chi connectivity index (χ1n) is 6.00. The Morgan fingerprint density at radius 2 is 1.75 bits per heavy atom. The molecule has 0 spiro atoms. The first-order chi connectivity index (χ1) is 7.20. The summed E-state index contributed by atoms with van der Waals surface area (Å²) in [6.07, 6.45) is 2.07. The van der Waals surface area contributed by atoms with Crippen LogP contribution in [0.5, 0.6) is 0 Å². The third-order valence-electron chi connectivity index (χ3n) is 2.57. The Morgan fingerprint density at radius 1 is 1.19 bits per heavy atom. The van der Waals surface area contributed by atoms with Crippen molar-refractivity contribution in [1.82, 2.24) is 0 Å². The second-order valence-electron chi connectivity index (χ2n) is 6.08. The summed E-state index contributed by atoms with van der Waals surface area (Å²) in [6, 6.07) is 0.246. The molecule has 1 saturated carbocycles. The summed E-state index contributed by atoms with van der Waals surface area (Å²) < 4.78 is 11.3. The van der Waals surface area contributed by atoms with Gasteiger partial charge in [-0.1, -0.05) is 0 Å². The molecule has 1 aliphatic rings. The Kier molecular flexibility index (Phi) is 4.35. The molecule has 0 aromatic heterocycles. The highest BCUT2D eigenvalue weighted by atomic mass is 16.5. The Hall–Kier alpha value is -0.160. The first kappa shape index (κ1) is 13.9. The molecular weight excluding hydrogens is 204 g/mol. The molecule has 0 aromatic rings. The predicted octanol–water partition coefficient (Wildman–Crippen LogP) is 1.03. The average molecular weight is 230 g/mol. The topological polar surface area (TPSA) is 70.5 Å². The highest BCUT2D eigenvalue weighted by Gasteiger charge is 2.34. The van der Waals surface area contributed by atoms with E-state index in [0.29, 0.717) is 13.2 Å². The smallest absolute Gasteiger partial charge is 0.0743 e. The summed E-state index contributed by atoms with van der Waals surface area (Å²) in [5.74, 6) is 0. The second kappa shape index (κ2) is 5.00. The van der Waals surface area contributed by atoms with Gasteiger partial charge in [-0.3, -0.25) is 0 Å². The molecule has 2 atom stereocenters. The summed E-state index contributed by atoms with van der Waals surface area (Å²) in [4.78, 5) is 0. The zero-order chi connectivity index (χ0) is 12.4. The Morgan fingerprint density at radius 3 is 2.19 bits per heavy atom. The van der Waals surface area contributed by atoms with Crippen LogP contribution >= 0.6 is 0 Å². The van der Waals surface area contributed by atoms with Gasteiger partial charge in [0.05, 0.1) is 24.9 Å². The normalized spacial score (nSPS) is 25.9. The molecule has 0 bridgehead atoms. The van der Waals surface area contributed by atoms with Gasteiger partial charge < -0.3 is 20.9 Å². The Balaban J connectivity index is 2.10. The minimum absolute atomic E-state index is 0.201. The third-order valence-corrected chi connectivity index (χ3v) is 2.57. The zero-order valence-corrected chi connectivity index (χ0v) is 11.0. The summed E-state index contributed by atoms with van der Waals surface area (Å²) in [5, 5.41) is 0. The molecule has 0 amide bonds. The average Bonchev–Trinajstić information content (AvgIpc) is 2.71. The maximum absolute atomic E-state index is 5.97. The first-order valence-corrected chi connectivity index (χ1v) is 6.00. The van der Waals surface area contributed by atoms with Crippen LogP contribution in [-0.4, -0.2) is 36.5 Å². The number of nitrogens with two attached hydrogens (primary N) is 2. The molecule has 4 heteroatoms. The highest BCUT2D eigenvalue weighted by Crippen LogP contribution is 2.23. The SMILES string of the molecule is CC(C)(N)CC(C)(C)OCCOC1CC1N. The predicted molar refractivity (Wildman–Crippen MR) is 65.2 cm³/mol. The van der Waals surface area contributed by atoms with Crippen molar-refractivity contribution in [2.24, 2.45) is 11.5 Å². The third kappa shape index (κ3) is 5.80. The van der Waals surface area contributed by atoms with Gasteiger partial charge in [0.2, 0.25) is 0 Å². The van der Waals surface area contributed by atoms with Crippen molar-refractivity contribution < 1.29 is 9.47 Å². The van der Waals surface area contributed by atoms with E-state index < -0.39 is 0 Å². The molecule has 1 rings (SSSR count). The van der Waals surface area contributed by atoms with Crippen molar-refractivity contribution in [2.45, 2.75) is 63.8 Å². The lowest BCUT2D eigenvalue weighted by atomic mass is 9.90. The Bertz CT molecular complexity index is 224. The number of hydrogen-bond acceptors (Lipinski definition) is 4. The maximum Gasteiger partial charge on any atom is 0.0743 e. The molecule has 1 aliphatic carbocycles. The van der Waals surface area contributed by atoms with Crippen molar-refractivity contribution in [3.63, 3.8) is 0 Å². The van der Waals surface area contributed by atoms with Crippen LogP contribution < -0.4 is 11.5 Å². The van der Waals surface area contributed by atoms with Crippen molar-refractivity contribution in [2.75, 3.05) is 13.2 Å². The maximum atomic E-state index is 5.97. The van der Waals surface area contributed by atoms with E-state index in [1.54, 1.807) is 0 Å². The van der Waals surface area contributed by atoms with E-state index in [1.807, 2.05) is 13.8 Å². The minimum Gasteiger partial charge on any atom is -0.374 e. The van der Waals surface area contributed by atoms with Crippen LogP contribution in [-0.2, 0) is 9.47 Å². The lowest BCUT2D eigenvalue weighted by Crippen LogP contribution is -2.42. The van der Waals surface area contributed by atoms with Crippen LogP contribution in [0, 0.1) is 0 Å². The van der Waals surface area contributed by atoms with Gasteiger partial charge in [-0.25, -0.2) is 0 Å². The van der Waals surface area contributed by atoms with Crippen molar-refractivity contribution in [3.05, 3.63) is 0 Å². The number of ether oxygens (including phenoxy) is 2. The van der Waals surface area contributed by atoms with Gasteiger partial charge in [-0.2, -0.15) is 0 Å². The fraction of sp³-hybridized carbons (Fsp3) is 1.00. The van der Waals surface area contributed by atoms with Gasteiger partial charge in [0, 0.05) is 11.6 Å². The molecular formula is C12H26N2O2. The van der Waals surface area contributed by atoms with Crippen LogP contribution in [0.25, 0.3) is 0 Å². The van der Waals surface area contributed by atoms with Crippen molar-refractivity contribution in [3.8, 4) is 0 Å². The van der Waals surface area contributed by atoms with Gasteiger partial charge in [0.15, 0.2) is 0 Å². The minimum atomic E-state index is -0.205. The van der Waals surface area contributed by atoms with E-state index in [4.69, 9.17) is 20.9 Å². The largest absolute Gasteiger partial charge is 0.374 e.